The average molecular weight is 580 g/mol. The van der Waals surface area contributed by atoms with Crippen LogP contribution in [0.25, 0.3) is 0 Å². The van der Waals surface area contributed by atoms with Crippen LogP contribution in [-0.2, 0) is 25.8 Å². The molecule has 0 aliphatic carbocycles. The Labute approximate surface area is 231 Å². The van der Waals surface area contributed by atoms with Crippen molar-refractivity contribution >= 4 is 56.1 Å². The molecule has 2 fully saturated rings. The van der Waals surface area contributed by atoms with E-state index in [0.29, 0.717) is 21.6 Å². The van der Waals surface area contributed by atoms with Gasteiger partial charge < -0.3 is 19.7 Å². The minimum Gasteiger partial charge on any atom is -0.495 e. The smallest absolute Gasteiger partial charge is 0.408 e. The average Bonchev–Trinajstić information content (AvgIpc) is 3.28. The van der Waals surface area contributed by atoms with Gasteiger partial charge in [0.2, 0.25) is 0 Å². The number of sulfone groups is 1. The van der Waals surface area contributed by atoms with E-state index in [4.69, 9.17) is 21.1 Å². The molecule has 2 saturated heterocycles. The third-order valence-corrected chi connectivity index (χ3v) is 9.46. The van der Waals surface area contributed by atoms with Gasteiger partial charge in [0.05, 0.1) is 29.7 Å². The van der Waals surface area contributed by atoms with E-state index in [0.717, 1.165) is 5.56 Å². The topological polar surface area (TPSA) is 114 Å². The van der Waals surface area contributed by atoms with Crippen LogP contribution in [0, 0.1) is 0 Å². The number of anilines is 1. The maximum atomic E-state index is 13.5. The first-order valence-corrected chi connectivity index (χ1v) is 15.1. The van der Waals surface area contributed by atoms with Crippen molar-refractivity contribution in [2.45, 2.75) is 50.1 Å². The van der Waals surface area contributed by atoms with Crippen molar-refractivity contribution in [3.8, 4) is 5.75 Å². The van der Waals surface area contributed by atoms with Crippen molar-refractivity contribution in [3.63, 3.8) is 0 Å². The van der Waals surface area contributed by atoms with Crippen LogP contribution >= 0.6 is 23.4 Å². The molecule has 2 aliphatic heterocycles. The molecule has 3 unspecified atom stereocenters. The Bertz CT molecular complexity index is 1340. The Balaban J connectivity index is 1.67. The maximum Gasteiger partial charge on any atom is 0.408 e. The Morgan fingerprint density at radius 2 is 1.89 bits per heavy atom. The summed E-state index contributed by atoms with van der Waals surface area (Å²) in [6.45, 7) is 5.21. The number of benzene rings is 2. The highest BCUT2D eigenvalue weighted by molar-refractivity contribution is 8.16. The lowest BCUT2D eigenvalue weighted by Crippen LogP contribution is -2.45. The van der Waals surface area contributed by atoms with Gasteiger partial charge in [-0.1, -0.05) is 53.7 Å². The number of ether oxygens (including phenoxy) is 2. The van der Waals surface area contributed by atoms with Gasteiger partial charge in [0.15, 0.2) is 15.0 Å². The molecule has 2 heterocycles. The van der Waals surface area contributed by atoms with Crippen molar-refractivity contribution in [3.05, 3.63) is 59.1 Å². The van der Waals surface area contributed by atoms with Gasteiger partial charge in [0.25, 0.3) is 5.91 Å². The Morgan fingerprint density at radius 1 is 1.18 bits per heavy atom. The second-order valence-electron chi connectivity index (χ2n) is 10.1. The molecule has 9 nitrogen and oxygen atoms in total. The largest absolute Gasteiger partial charge is 0.495 e. The number of aliphatic imine (C=N–C) groups is 1. The maximum absolute atomic E-state index is 13.5. The molecule has 0 spiro atoms. The number of rotatable bonds is 6. The molecule has 0 saturated carbocycles. The van der Waals surface area contributed by atoms with Crippen LogP contribution in [-0.4, -0.2) is 67.1 Å². The van der Waals surface area contributed by atoms with Gasteiger partial charge in [-0.3, -0.25) is 4.79 Å². The molecule has 2 aromatic rings. The molecule has 2 aromatic carbocycles. The Hall–Kier alpha value is -2.76. The van der Waals surface area contributed by atoms with Crippen LogP contribution in [0.1, 0.15) is 26.3 Å². The van der Waals surface area contributed by atoms with Gasteiger partial charge in [0.1, 0.15) is 17.4 Å². The molecule has 2 aliphatic rings. The fourth-order valence-electron chi connectivity index (χ4n) is 4.34. The minimum absolute atomic E-state index is 0.0144. The van der Waals surface area contributed by atoms with Crippen molar-refractivity contribution in [2.24, 2.45) is 4.99 Å². The summed E-state index contributed by atoms with van der Waals surface area (Å²) >= 11 is 7.61. The first kappa shape index (κ1) is 28.3. The van der Waals surface area contributed by atoms with Gasteiger partial charge in [-0.05, 0) is 44.5 Å². The van der Waals surface area contributed by atoms with E-state index in [1.54, 1.807) is 43.9 Å². The van der Waals surface area contributed by atoms with Crippen LogP contribution in [0.4, 0.5) is 10.5 Å². The normalized spacial score (nSPS) is 22.1. The number of carbonyl (C=O) groups is 2. The van der Waals surface area contributed by atoms with E-state index in [-0.39, 0.29) is 23.2 Å². The summed E-state index contributed by atoms with van der Waals surface area (Å²) in [7, 11) is -1.74. The van der Waals surface area contributed by atoms with Gasteiger partial charge in [-0.15, -0.1) is 0 Å². The second kappa shape index (κ2) is 11.2. The van der Waals surface area contributed by atoms with Crippen LogP contribution < -0.4 is 15.0 Å². The second-order valence-corrected chi connectivity index (χ2v) is 13.9. The van der Waals surface area contributed by atoms with Crippen molar-refractivity contribution in [1.29, 1.82) is 0 Å². The number of methoxy groups -OCH3 is 1. The summed E-state index contributed by atoms with van der Waals surface area (Å²) < 4.78 is 35.4. The summed E-state index contributed by atoms with van der Waals surface area (Å²) in [5, 5.41) is 3.06. The summed E-state index contributed by atoms with van der Waals surface area (Å²) in [6.07, 6.45) is -0.525. The van der Waals surface area contributed by atoms with Crippen LogP contribution in [0.2, 0.25) is 5.02 Å². The predicted octanol–water partition coefficient (Wildman–Crippen LogP) is 4.09. The number of halogens is 1. The lowest BCUT2D eigenvalue weighted by atomic mass is 10.1. The molecular formula is C26H30ClN3O6S2. The number of amides is 2. The monoisotopic (exact) mass is 579 g/mol. The number of nitrogens with one attached hydrogen (secondary N) is 1. The Kier molecular flexibility index (Phi) is 8.29. The lowest BCUT2D eigenvalue weighted by molar-refractivity contribution is -0.119. The zero-order valence-corrected chi connectivity index (χ0v) is 23.9. The number of hydrogen-bond donors (Lipinski definition) is 1. The van der Waals surface area contributed by atoms with Gasteiger partial charge >= 0.3 is 6.09 Å². The zero-order valence-electron chi connectivity index (χ0n) is 21.5. The third-order valence-electron chi connectivity index (χ3n) is 5.96. The number of amidine groups is 1. The summed E-state index contributed by atoms with van der Waals surface area (Å²) in [4.78, 5) is 32.3. The van der Waals surface area contributed by atoms with E-state index in [1.165, 1.54) is 18.9 Å². The van der Waals surface area contributed by atoms with E-state index in [9.17, 15) is 18.0 Å². The molecule has 4 rings (SSSR count). The molecule has 204 valence electrons. The van der Waals surface area contributed by atoms with E-state index < -0.39 is 39.5 Å². The predicted molar refractivity (Wildman–Crippen MR) is 150 cm³/mol. The van der Waals surface area contributed by atoms with Gasteiger partial charge in [-0.25, -0.2) is 13.2 Å². The minimum atomic E-state index is -3.25. The highest BCUT2D eigenvalue weighted by Crippen LogP contribution is 2.42. The molecule has 12 heteroatoms. The van der Waals surface area contributed by atoms with Gasteiger partial charge in [0, 0.05) is 17.4 Å². The summed E-state index contributed by atoms with van der Waals surface area (Å²) in [5.74, 6) is -0.184. The highest BCUT2D eigenvalue weighted by atomic mass is 35.5. The fraction of sp³-hybridized carbons (Fsp3) is 0.423. The highest BCUT2D eigenvalue weighted by Gasteiger charge is 2.49. The molecule has 2 amide bonds. The quantitative estimate of drug-likeness (QED) is 0.544. The molecule has 0 radical (unpaired) electrons. The van der Waals surface area contributed by atoms with Crippen LogP contribution in [0.3, 0.4) is 0 Å². The van der Waals surface area contributed by atoms with Crippen molar-refractivity contribution in [1.82, 2.24) is 5.32 Å². The number of hydrogen-bond acceptors (Lipinski definition) is 7. The number of fused-ring (bicyclic) bond motifs is 1. The number of alkyl carbamates (subject to hydrolysis) is 1. The van der Waals surface area contributed by atoms with Gasteiger partial charge in [-0.2, -0.15) is 4.99 Å². The van der Waals surface area contributed by atoms with E-state index in [2.05, 4.69) is 10.3 Å². The summed E-state index contributed by atoms with van der Waals surface area (Å²) in [6, 6.07) is 13.0. The van der Waals surface area contributed by atoms with E-state index >= 15 is 0 Å². The lowest BCUT2D eigenvalue weighted by Gasteiger charge is -2.26. The molecule has 1 N–H and O–H groups in total. The van der Waals surface area contributed by atoms with Crippen LogP contribution in [0.15, 0.2) is 53.5 Å². The molecule has 0 aromatic heterocycles. The number of nitrogens with zero attached hydrogens (tertiary/aromatic N) is 2. The zero-order chi connectivity index (χ0) is 27.7. The van der Waals surface area contributed by atoms with Crippen molar-refractivity contribution < 1.29 is 27.5 Å². The molecular weight excluding hydrogens is 550 g/mol. The first-order valence-electron chi connectivity index (χ1n) is 12.0. The molecule has 3 atom stereocenters. The SMILES string of the molecule is COc1ccc(N2C(=NC(=O)C(Cc3ccccc3)NC(=O)OC(C)(C)C)SC3CS(=O)(=O)CC32)cc1Cl. The standard InChI is InChI=1S/C26H30ClN3O6S2/c1-26(2,3)36-25(32)28-19(12-16-8-6-5-7-9-16)23(31)29-24-30(17-10-11-21(35-4)18(27)13-17)20-14-38(33,34)15-22(20)37-24/h5-11,13,19-20,22H,12,14-15H2,1-4H3,(H,28,32). The first-order chi connectivity index (χ1) is 17.8. The van der Waals surface area contributed by atoms with E-state index in [1.807, 2.05) is 30.3 Å². The number of carbonyl (C=O) groups excluding carboxylic acids is 2. The molecule has 0 bridgehead atoms. The number of thioether (sulfide) groups is 1. The van der Waals surface area contributed by atoms with Crippen molar-refractivity contribution in [2.75, 3.05) is 23.5 Å². The molecule has 38 heavy (non-hydrogen) atoms. The third kappa shape index (κ3) is 6.81. The van der Waals surface area contributed by atoms with Crippen LogP contribution in [0.5, 0.6) is 5.75 Å². The Morgan fingerprint density at radius 3 is 2.53 bits per heavy atom. The fourth-order valence-corrected chi connectivity index (χ4v) is 8.51. The summed E-state index contributed by atoms with van der Waals surface area (Å²) in [5.41, 5.74) is 0.687.